The monoisotopic (exact) mass is 363 g/mol. The van der Waals surface area contributed by atoms with Gasteiger partial charge in [-0.1, -0.05) is 24.8 Å². The van der Waals surface area contributed by atoms with E-state index in [0.29, 0.717) is 12.0 Å². The molecule has 0 unspecified atom stereocenters. The van der Waals surface area contributed by atoms with E-state index in [1.807, 2.05) is 25.1 Å². The number of hydrogen-bond acceptors (Lipinski definition) is 2. The number of fused-ring (bicyclic) bond motifs is 1. The summed E-state index contributed by atoms with van der Waals surface area (Å²) in [5.41, 5.74) is 2.69. The van der Waals surface area contributed by atoms with E-state index in [4.69, 9.17) is 16.3 Å². The van der Waals surface area contributed by atoms with Gasteiger partial charge in [-0.25, -0.2) is 4.39 Å². The van der Waals surface area contributed by atoms with Crippen LogP contribution in [-0.2, 0) is 11.2 Å². The van der Waals surface area contributed by atoms with Crippen LogP contribution in [0, 0.1) is 0 Å². The maximum Gasteiger partial charge on any atom is 0.238 e. The third-order valence-corrected chi connectivity index (χ3v) is 4.63. The molecule has 3 nitrogen and oxygen atoms in total. The van der Waals surface area contributed by atoms with Crippen LogP contribution in [0.5, 0.6) is 5.75 Å². The Labute approximate surface area is 153 Å². The molecule has 0 aromatic heterocycles. The van der Waals surface area contributed by atoms with Gasteiger partial charge in [0.25, 0.3) is 0 Å². The number of methoxy groups -OCH3 is 1. The Kier molecular flexibility index (Phi) is 6.43. The Balaban J connectivity index is 2.51. The second kappa shape index (κ2) is 8.34. The van der Waals surface area contributed by atoms with Gasteiger partial charge in [0.1, 0.15) is 17.5 Å². The largest absolute Gasteiger partial charge is 0.497 e. The van der Waals surface area contributed by atoms with Gasteiger partial charge >= 0.3 is 0 Å². The molecule has 1 aliphatic heterocycles. The van der Waals surface area contributed by atoms with E-state index in [2.05, 4.69) is 6.58 Å². The van der Waals surface area contributed by atoms with Gasteiger partial charge in [0, 0.05) is 6.04 Å². The van der Waals surface area contributed by atoms with Crippen molar-refractivity contribution in [1.82, 2.24) is 4.90 Å². The molecule has 2 rings (SSSR count). The van der Waals surface area contributed by atoms with Crippen molar-refractivity contribution in [2.75, 3.05) is 13.0 Å². The number of halogens is 2. The molecule has 0 saturated heterocycles. The fourth-order valence-corrected chi connectivity index (χ4v) is 3.32. The molecule has 0 N–H and O–H groups in total. The minimum absolute atomic E-state index is 0.0485. The van der Waals surface area contributed by atoms with Crippen molar-refractivity contribution >= 4 is 17.5 Å². The highest BCUT2D eigenvalue weighted by Crippen LogP contribution is 2.39. The van der Waals surface area contributed by atoms with Crippen LogP contribution in [0.15, 0.2) is 54.4 Å². The molecule has 0 bridgehead atoms. The minimum Gasteiger partial charge on any atom is -0.497 e. The summed E-state index contributed by atoms with van der Waals surface area (Å²) in [7, 11) is 1.62. The van der Waals surface area contributed by atoms with E-state index in [-0.39, 0.29) is 29.7 Å². The topological polar surface area (TPSA) is 29.5 Å². The molecule has 1 heterocycles. The van der Waals surface area contributed by atoms with E-state index in [0.717, 1.165) is 16.9 Å². The Hall–Kier alpha value is -2.07. The number of nitrogens with zero attached hydrogens (tertiary/aromatic N) is 1. The zero-order valence-corrected chi connectivity index (χ0v) is 15.5. The smallest absolute Gasteiger partial charge is 0.238 e. The summed E-state index contributed by atoms with van der Waals surface area (Å²) in [4.78, 5) is 14.2. The van der Waals surface area contributed by atoms with Crippen LogP contribution >= 0.6 is 11.6 Å². The second-order valence-corrected chi connectivity index (χ2v) is 6.30. The van der Waals surface area contributed by atoms with Gasteiger partial charge in [-0.15, -0.1) is 11.6 Å². The van der Waals surface area contributed by atoms with E-state index in [1.165, 1.54) is 12.2 Å². The molecular formula is C20H23ClFNO2. The Morgan fingerprint density at radius 3 is 2.80 bits per heavy atom. The number of rotatable bonds is 5. The third-order valence-electron chi connectivity index (χ3n) is 4.40. The maximum atomic E-state index is 13.5. The molecule has 0 spiro atoms. The molecule has 0 radical (unpaired) electrons. The molecule has 5 heteroatoms. The van der Waals surface area contributed by atoms with Crippen molar-refractivity contribution in [2.24, 2.45) is 0 Å². The van der Waals surface area contributed by atoms with Gasteiger partial charge in [0.15, 0.2) is 0 Å². The zero-order chi connectivity index (χ0) is 18.6. The number of hydrogen-bond donors (Lipinski definition) is 0. The van der Waals surface area contributed by atoms with E-state index >= 15 is 0 Å². The first-order valence-corrected chi connectivity index (χ1v) is 8.69. The van der Waals surface area contributed by atoms with Gasteiger partial charge < -0.3 is 9.64 Å². The van der Waals surface area contributed by atoms with Crippen molar-refractivity contribution in [2.45, 2.75) is 32.4 Å². The van der Waals surface area contributed by atoms with Gasteiger partial charge in [-0.05, 0) is 55.2 Å². The molecule has 1 aliphatic rings. The zero-order valence-electron chi connectivity index (χ0n) is 14.8. The summed E-state index contributed by atoms with van der Waals surface area (Å²) < 4.78 is 18.8. The van der Waals surface area contributed by atoms with Crippen molar-refractivity contribution in [3.63, 3.8) is 0 Å². The molecule has 0 aliphatic carbocycles. The number of carbonyl (C=O) groups excluding carboxylic acids is 1. The average Bonchev–Trinajstić information content (AvgIpc) is 2.63. The van der Waals surface area contributed by atoms with Crippen LogP contribution in [0.1, 0.15) is 31.0 Å². The van der Waals surface area contributed by atoms with Crippen molar-refractivity contribution in [3.05, 3.63) is 65.5 Å². The number of benzene rings is 1. The third kappa shape index (κ3) is 4.13. The average molecular weight is 364 g/mol. The minimum atomic E-state index is -0.378. The predicted octanol–water partition coefficient (Wildman–Crippen LogP) is 4.73. The Bertz CT molecular complexity index is 726. The van der Waals surface area contributed by atoms with E-state index in [9.17, 15) is 9.18 Å². The normalized spacial score (nSPS) is 20.5. The fraction of sp³-hybridized carbons (Fsp3) is 0.350. The molecule has 2 atom stereocenters. The van der Waals surface area contributed by atoms with Gasteiger partial charge in [0.2, 0.25) is 5.91 Å². The second-order valence-electron chi connectivity index (χ2n) is 6.04. The number of allylic oxidation sites excluding steroid dienone is 3. The van der Waals surface area contributed by atoms with Crippen LogP contribution in [-0.4, -0.2) is 29.8 Å². The summed E-state index contributed by atoms with van der Waals surface area (Å²) in [6, 6.07) is 5.34. The first-order valence-electron chi connectivity index (χ1n) is 8.15. The standard InChI is InChI=1S/C20H23ClFNO2/c1-5-16(22)7-6-13(2)20-18-9-8-17(25-4)11-15(18)10-14(3)23(20)19(24)12-21/h5-9,11,14,20H,2,10,12H2,1,3-4H3/b7-6-,16-5+/t14-,20-/m0/s1. The van der Waals surface area contributed by atoms with Gasteiger partial charge in [0.05, 0.1) is 13.2 Å². The van der Waals surface area contributed by atoms with E-state index in [1.54, 1.807) is 25.0 Å². The van der Waals surface area contributed by atoms with Crippen LogP contribution in [0.4, 0.5) is 4.39 Å². The first-order chi connectivity index (χ1) is 11.9. The van der Waals surface area contributed by atoms with Crippen molar-refractivity contribution in [1.29, 1.82) is 0 Å². The SMILES string of the molecule is C=C(/C=C\C(F)=C/C)[C@H]1c2ccc(OC)cc2C[C@H](C)N1C(=O)CCl. The predicted molar refractivity (Wildman–Crippen MR) is 99.6 cm³/mol. The highest BCUT2D eigenvalue weighted by molar-refractivity contribution is 6.27. The Morgan fingerprint density at radius 1 is 1.48 bits per heavy atom. The van der Waals surface area contributed by atoms with Crippen molar-refractivity contribution < 1.29 is 13.9 Å². The lowest BCUT2D eigenvalue weighted by Gasteiger charge is -2.42. The molecule has 1 amide bonds. The van der Waals surface area contributed by atoms with Crippen LogP contribution in [0.2, 0.25) is 0 Å². The molecule has 0 fully saturated rings. The van der Waals surface area contributed by atoms with Crippen LogP contribution in [0.25, 0.3) is 0 Å². The highest BCUT2D eigenvalue weighted by atomic mass is 35.5. The Morgan fingerprint density at radius 2 is 2.20 bits per heavy atom. The summed E-state index contributed by atoms with van der Waals surface area (Å²) >= 11 is 5.82. The molecule has 1 aromatic rings. The molecular weight excluding hydrogens is 341 g/mol. The van der Waals surface area contributed by atoms with Crippen LogP contribution < -0.4 is 4.74 Å². The van der Waals surface area contributed by atoms with Crippen LogP contribution in [0.3, 0.4) is 0 Å². The number of alkyl halides is 1. The van der Waals surface area contributed by atoms with Gasteiger partial charge in [-0.2, -0.15) is 0 Å². The summed E-state index contributed by atoms with van der Waals surface area (Å²) in [5, 5.41) is 0. The molecule has 25 heavy (non-hydrogen) atoms. The maximum absolute atomic E-state index is 13.5. The lowest BCUT2D eigenvalue weighted by molar-refractivity contribution is -0.132. The summed E-state index contributed by atoms with van der Waals surface area (Å²) in [6.07, 6.45) is 5.04. The van der Waals surface area contributed by atoms with Crippen molar-refractivity contribution in [3.8, 4) is 5.75 Å². The fourth-order valence-electron chi connectivity index (χ4n) is 3.18. The summed E-state index contributed by atoms with van der Waals surface area (Å²) in [5.74, 6) is 0.145. The van der Waals surface area contributed by atoms with Gasteiger partial charge in [-0.3, -0.25) is 4.79 Å². The highest BCUT2D eigenvalue weighted by Gasteiger charge is 2.36. The molecule has 0 saturated carbocycles. The lowest BCUT2D eigenvalue weighted by Crippen LogP contribution is -2.47. The first kappa shape index (κ1) is 19.3. The number of ether oxygens (including phenoxy) is 1. The lowest BCUT2D eigenvalue weighted by atomic mass is 9.85. The molecule has 134 valence electrons. The van der Waals surface area contributed by atoms with E-state index < -0.39 is 0 Å². The quantitative estimate of drug-likeness (QED) is 0.559. The molecule has 1 aromatic carbocycles. The number of carbonyl (C=O) groups is 1. The number of amides is 1. The summed E-state index contributed by atoms with van der Waals surface area (Å²) in [6.45, 7) is 7.68.